The minimum atomic E-state index is -3.68. The van der Waals surface area contributed by atoms with Gasteiger partial charge in [-0.15, -0.1) is 0 Å². The summed E-state index contributed by atoms with van der Waals surface area (Å²) in [5.74, 6) is 0.505. The lowest BCUT2D eigenvalue weighted by atomic mass is 10.2. The van der Waals surface area contributed by atoms with Crippen LogP contribution in [0.1, 0.15) is 21.5 Å². The van der Waals surface area contributed by atoms with Gasteiger partial charge in [0.15, 0.2) is 0 Å². The summed E-state index contributed by atoms with van der Waals surface area (Å²) in [6.45, 7) is 4.58. The molecule has 0 saturated heterocycles. The van der Waals surface area contributed by atoms with Crippen LogP contribution in [0, 0.1) is 13.8 Å². The fourth-order valence-electron chi connectivity index (χ4n) is 2.76. The van der Waals surface area contributed by atoms with Crippen LogP contribution >= 0.6 is 0 Å². The molecule has 0 saturated carbocycles. The van der Waals surface area contributed by atoms with Crippen LogP contribution in [0.15, 0.2) is 77.7 Å². The molecule has 156 valence electrons. The largest absolute Gasteiger partial charge is 0.492 e. The number of carbonyl (C=O) groups is 1. The quantitative estimate of drug-likeness (QED) is 0.537. The van der Waals surface area contributed by atoms with Crippen LogP contribution in [0.25, 0.3) is 0 Å². The Morgan fingerprint density at radius 3 is 2.27 bits per heavy atom. The zero-order chi connectivity index (χ0) is 21.6. The highest BCUT2D eigenvalue weighted by atomic mass is 32.2. The van der Waals surface area contributed by atoms with E-state index in [1.807, 2.05) is 38.1 Å². The summed E-state index contributed by atoms with van der Waals surface area (Å²) in [5, 5.41) is 2.78. The van der Waals surface area contributed by atoms with Crippen molar-refractivity contribution in [3.63, 3.8) is 0 Å². The first-order valence-electron chi connectivity index (χ1n) is 9.51. The molecule has 0 heterocycles. The lowest BCUT2D eigenvalue weighted by Gasteiger charge is -2.10. The normalized spacial score (nSPS) is 11.0. The lowest BCUT2D eigenvalue weighted by molar-refractivity contribution is 0.0947. The van der Waals surface area contributed by atoms with E-state index in [2.05, 4.69) is 10.0 Å². The highest BCUT2D eigenvalue weighted by Gasteiger charge is 2.14. The van der Waals surface area contributed by atoms with Gasteiger partial charge in [-0.05, 0) is 67.9 Å². The van der Waals surface area contributed by atoms with Gasteiger partial charge in [0.05, 0.1) is 11.4 Å². The van der Waals surface area contributed by atoms with Crippen molar-refractivity contribution in [1.29, 1.82) is 0 Å². The number of carbonyl (C=O) groups excluding carboxylic acids is 1. The van der Waals surface area contributed by atoms with Gasteiger partial charge in [-0.25, -0.2) is 8.42 Å². The molecule has 3 aromatic rings. The van der Waals surface area contributed by atoms with Gasteiger partial charge < -0.3 is 10.1 Å². The molecule has 3 rings (SSSR count). The first-order chi connectivity index (χ1) is 14.3. The van der Waals surface area contributed by atoms with E-state index in [-0.39, 0.29) is 10.8 Å². The van der Waals surface area contributed by atoms with Crippen molar-refractivity contribution in [2.75, 3.05) is 17.9 Å². The predicted molar refractivity (Wildman–Crippen MR) is 117 cm³/mol. The van der Waals surface area contributed by atoms with Crippen LogP contribution in [0.5, 0.6) is 5.75 Å². The molecular weight excluding hydrogens is 400 g/mol. The van der Waals surface area contributed by atoms with E-state index in [4.69, 9.17) is 4.74 Å². The van der Waals surface area contributed by atoms with Gasteiger partial charge in [0, 0.05) is 11.3 Å². The van der Waals surface area contributed by atoms with E-state index in [9.17, 15) is 13.2 Å². The Kier molecular flexibility index (Phi) is 6.74. The summed E-state index contributed by atoms with van der Waals surface area (Å²) in [7, 11) is -3.68. The van der Waals surface area contributed by atoms with Gasteiger partial charge in [0.1, 0.15) is 12.4 Å². The molecule has 0 aromatic heterocycles. The third-order valence-corrected chi connectivity index (χ3v) is 5.77. The van der Waals surface area contributed by atoms with Crippen LogP contribution in [-0.4, -0.2) is 27.5 Å². The maximum Gasteiger partial charge on any atom is 0.261 e. The minimum Gasteiger partial charge on any atom is -0.492 e. The van der Waals surface area contributed by atoms with Gasteiger partial charge in [-0.2, -0.15) is 0 Å². The third-order valence-electron chi connectivity index (χ3n) is 4.38. The highest BCUT2D eigenvalue weighted by molar-refractivity contribution is 7.92. The number of hydrogen-bond donors (Lipinski definition) is 2. The van der Waals surface area contributed by atoms with Crippen molar-refractivity contribution in [3.05, 3.63) is 89.5 Å². The van der Waals surface area contributed by atoms with Crippen LogP contribution in [0.2, 0.25) is 0 Å². The number of nitrogens with one attached hydrogen (secondary N) is 2. The maximum atomic E-state index is 12.4. The zero-order valence-electron chi connectivity index (χ0n) is 16.9. The summed E-state index contributed by atoms with van der Waals surface area (Å²) in [5.41, 5.74) is 2.90. The van der Waals surface area contributed by atoms with Gasteiger partial charge in [0.2, 0.25) is 0 Å². The average Bonchev–Trinajstić information content (AvgIpc) is 2.72. The van der Waals surface area contributed by atoms with E-state index in [0.29, 0.717) is 24.4 Å². The molecule has 0 radical (unpaired) electrons. The summed E-state index contributed by atoms with van der Waals surface area (Å²) in [6, 6.07) is 20.5. The lowest BCUT2D eigenvalue weighted by Crippen LogP contribution is -2.28. The fraction of sp³-hybridized carbons (Fsp3) is 0.174. The number of hydrogen-bond acceptors (Lipinski definition) is 4. The summed E-state index contributed by atoms with van der Waals surface area (Å²) in [6.07, 6.45) is 0. The van der Waals surface area contributed by atoms with Crippen molar-refractivity contribution in [2.24, 2.45) is 0 Å². The minimum absolute atomic E-state index is 0.184. The molecule has 0 aliphatic heterocycles. The smallest absolute Gasteiger partial charge is 0.261 e. The Morgan fingerprint density at radius 1 is 0.900 bits per heavy atom. The molecule has 0 aliphatic rings. The topological polar surface area (TPSA) is 84.5 Å². The number of anilines is 1. The van der Waals surface area contributed by atoms with E-state index in [1.54, 1.807) is 48.5 Å². The highest BCUT2D eigenvalue weighted by Crippen LogP contribution is 2.17. The van der Waals surface area contributed by atoms with E-state index in [1.165, 1.54) is 0 Å². The third kappa shape index (κ3) is 5.84. The number of sulfonamides is 1. The van der Waals surface area contributed by atoms with Gasteiger partial charge in [-0.1, -0.05) is 29.8 Å². The molecular formula is C23H24N2O4S. The zero-order valence-corrected chi connectivity index (χ0v) is 17.7. The Hall–Kier alpha value is -3.32. The van der Waals surface area contributed by atoms with Crippen molar-refractivity contribution in [1.82, 2.24) is 5.32 Å². The molecule has 0 unspecified atom stereocenters. The van der Waals surface area contributed by atoms with Gasteiger partial charge in [-0.3, -0.25) is 9.52 Å². The Balaban J connectivity index is 1.52. The molecule has 0 atom stereocenters. The van der Waals surface area contributed by atoms with Crippen molar-refractivity contribution < 1.29 is 17.9 Å². The van der Waals surface area contributed by atoms with Crippen LogP contribution in [0.3, 0.4) is 0 Å². The summed E-state index contributed by atoms with van der Waals surface area (Å²) >= 11 is 0. The van der Waals surface area contributed by atoms with E-state index < -0.39 is 10.0 Å². The van der Waals surface area contributed by atoms with E-state index in [0.717, 1.165) is 16.9 Å². The molecule has 0 aliphatic carbocycles. The fourth-order valence-corrected chi connectivity index (χ4v) is 3.82. The monoisotopic (exact) mass is 424 g/mol. The summed E-state index contributed by atoms with van der Waals surface area (Å²) in [4.78, 5) is 12.4. The van der Waals surface area contributed by atoms with Crippen molar-refractivity contribution in [2.45, 2.75) is 18.7 Å². The Bertz CT molecular complexity index is 1110. The second kappa shape index (κ2) is 9.45. The number of aryl methyl sites for hydroxylation is 2. The first kappa shape index (κ1) is 21.4. The second-order valence-electron chi connectivity index (χ2n) is 6.92. The molecule has 0 fully saturated rings. The van der Waals surface area contributed by atoms with Crippen molar-refractivity contribution in [3.8, 4) is 5.75 Å². The van der Waals surface area contributed by atoms with Crippen LogP contribution in [-0.2, 0) is 10.0 Å². The Morgan fingerprint density at radius 2 is 1.60 bits per heavy atom. The molecule has 7 heteroatoms. The second-order valence-corrected chi connectivity index (χ2v) is 8.60. The van der Waals surface area contributed by atoms with Gasteiger partial charge >= 0.3 is 0 Å². The molecule has 3 aromatic carbocycles. The average molecular weight is 425 g/mol. The predicted octanol–water partition coefficient (Wildman–Crippen LogP) is 3.91. The standard InChI is InChI=1S/C23H24N2O4S/c1-17-6-12-22(13-7-17)30(27,28)25-20-10-8-19(9-11-20)23(26)24-14-15-29-21-5-3-4-18(2)16-21/h3-13,16,25H,14-15H2,1-2H3,(H,24,26). The maximum absolute atomic E-state index is 12.4. The summed E-state index contributed by atoms with van der Waals surface area (Å²) < 4.78 is 33.0. The molecule has 6 nitrogen and oxygen atoms in total. The van der Waals surface area contributed by atoms with E-state index >= 15 is 0 Å². The molecule has 1 amide bonds. The number of ether oxygens (including phenoxy) is 1. The molecule has 0 spiro atoms. The molecule has 2 N–H and O–H groups in total. The van der Waals surface area contributed by atoms with Crippen LogP contribution < -0.4 is 14.8 Å². The van der Waals surface area contributed by atoms with Gasteiger partial charge in [0.25, 0.3) is 15.9 Å². The number of amides is 1. The Labute approximate surface area is 177 Å². The van der Waals surface area contributed by atoms with Crippen LogP contribution in [0.4, 0.5) is 5.69 Å². The first-order valence-corrected chi connectivity index (χ1v) is 11.0. The number of rotatable bonds is 8. The molecule has 30 heavy (non-hydrogen) atoms. The SMILES string of the molecule is Cc1ccc(S(=O)(=O)Nc2ccc(C(=O)NCCOc3cccc(C)c3)cc2)cc1. The molecule has 0 bridgehead atoms. The number of benzene rings is 3. The van der Waals surface area contributed by atoms with Crippen molar-refractivity contribution >= 4 is 21.6 Å².